The first-order valence-electron chi connectivity index (χ1n) is 12.0. The Morgan fingerprint density at radius 1 is 1.21 bits per heavy atom. The topological polar surface area (TPSA) is 89.3 Å². The molecule has 3 N–H and O–H groups in total. The summed E-state index contributed by atoms with van der Waals surface area (Å²) in [6, 6.07) is 4.16. The molecule has 0 aromatic carbocycles. The molecule has 3 heterocycles. The number of aromatic nitrogens is 4. The Kier molecular flexibility index (Phi) is 4.61. The zero-order valence-corrected chi connectivity index (χ0v) is 19.8. The van der Waals surface area contributed by atoms with E-state index in [0.717, 1.165) is 45.6 Å². The first-order chi connectivity index (χ1) is 16.2. The second-order valence-corrected chi connectivity index (χ2v) is 10.6. The van der Waals surface area contributed by atoms with Crippen LogP contribution in [-0.4, -0.2) is 35.8 Å². The lowest BCUT2D eigenvalue weighted by molar-refractivity contribution is -0.0838. The van der Waals surface area contributed by atoms with Crippen LogP contribution in [0.15, 0.2) is 48.7 Å². The van der Waals surface area contributed by atoms with E-state index in [1.165, 1.54) is 0 Å². The van der Waals surface area contributed by atoms with Crippen molar-refractivity contribution < 1.29 is 5.11 Å². The maximum Gasteiger partial charge on any atom is 0.165 e. The summed E-state index contributed by atoms with van der Waals surface area (Å²) < 4.78 is 1.82. The van der Waals surface area contributed by atoms with Gasteiger partial charge in [-0.3, -0.25) is 0 Å². The van der Waals surface area contributed by atoms with E-state index in [9.17, 15) is 5.11 Å². The molecule has 3 aromatic heterocycles. The van der Waals surface area contributed by atoms with Crippen LogP contribution in [0.5, 0.6) is 0 Å². The molecule has 6 heteroatoms. The smallest absolute Gasteiger partial charge is 0.165 e. The molecule has 0 aliphatic heterocycles. The molecule has 1 fully saturated rings. The second-order valence-electron chi connectivity index (χ2n) is 10.6. The number of hydrogen-bond acceptors (Lipinski definition) is 5. The van der Waals surface area contributed by atoms with Crippen molar-refractivity contribution in [1.29, 1.82) is 0 Å². The Hall–Kier alpha value is -3.27. The largest absolute Gasteiger partial charge is 0.390 e. The summed E-state index contributed by atoms with van der Waals surface area (Å²) in [4.78, 5) is 9.75. The van der Waals surface area contributed by atoms with Crippen LogP contribution < -0.4 is 5.73 Å². The molecule has 0 amide bonds. The van der Waals surface area contributed by atoms with E-state index in [1.807, 2.05) is 30.6 Å². The van der Waals surface area contributed by atoms with Crippen molar-refractivity contribution in [2.24, 2.45) is 17.6 Å². The highest BCUT2D eigenvalue weighted by molar-refractivity contribution is 5.86. The molecule has 3 aliphatic rings. The molecule has 3 atom stereocenters. The van der Waals surface area contributed by atoms with Crippen LogP contribution in [0.2, 0.25) is 0 Å². The Bertz CT molecular complexity index is 1470. The molecular weight excluding hydrogens is 422 g/mol. The van der Waals surface area contributed by atoms with Gasteiger partial charge in [0, 0.05) is 40.6 Å². The number of aryl methyl sites for hydroxylation is 1. The van der Waals surface area contributed by atoms with Gasteiger partial charge < -0.3 is 10.8 Å². The number of hydrogen-bond donors (Lipinski definition) is 2. The molecule has 34 heavy (non-hydrogen) atoms. The second kappa shape index (κ2) is 7.36. The zero-order chi connectivity index (χ0) is 23.7. The maximum atomic E-state index is 10.2. The number of fused-ring (bicyclic) bond motifs is 3. The molecular formula is C28H29N5O. The van der Waals surface area contributed by atoms with Gasteiger partial charge in [-0.15, -0.1) is 0 Å². The Labute approximate surface area is 199 Å². The molecule has 3 unspecified atom stereocenters. The highest BCUT2D eigenvalue weighted by atomic mass is 16.3. The lowest BCUT2D eigenvalue weighted by Crippen LogP contribution is -2.64. The number of nitrogens with two attached hydrogens (primary N) is 1. The standard InChI is InChI=1S/C28H29N5O/c1-17-6-4-5-7-22(17)23-13-20-14-30-24-12-18(2)32-33(24)26(20)31-25(23)19-8-10-21(11-9-19)28(29)15-27(3,34)16-28/h4-8,12-14,17,21-22,34H,10,15-16,29H2,1-3H3. The van der Waals surface area contributed by atoms with E-state index >= 15 is 0 Å². The van der Waals surface area contributed by atoms with Gasteiger partial charge in [0.25, 0.3) is 0 Å². The minimum absolute atomic E-state index is 0.0430. The number of rotatable bonds is 3. The summed E-state index contributed by atoms with van der Waals surface area (Å²) in [7, 11) is 0. The van der Waals surface area contributed by atoms with Crippen LogP contribution in [0.25, 0.3) is 22.3 Å². The van der Waals surface area contributed by atoms with E-state index < -0.39 is 11.1 Å². The van der Waals surface area contributed by atoms with E-state index in [4.69, 9.17) is 10.7 Å². The third kappa shape index (κ3) is 3.39. The third-order valence-electron chi connectivity index (χ3n) is 7.49. The highest BCUT2D eigenvalue weighted by Crippen LogP contribution is 2.46. The molecule has 6 rings (SSSR count). The van der Waals surface area contributed by atoms with E-state index in [2.05, 4.69) is 65.3 Å². The predicted molar refractivity (Wildman–Crippen MR) is 134 cm³/mol. The Morgan fingerprint density at radius 2 is 2.00 bits per heavy atom. The molecule has 0 saturated heterocycles. The summed E-state index contributed by atoms with van der Waals surface area (Å²) >= 11 is 0. The van der Waals surface area contributed by atoms with Crippen molar-refractivity contribution in [3.8, 4) is 11.8 Å². The normalized spacial score (nSPS) is 32.4. The summed E-state index contributed by atoms with van der Waals surface area (Å²) in [5.74, 6) is 7.41. The molecule has 0 spiro atoms. The Balaban J connectivity index is 1.47. The van der Waals surface area contributed by atoms with Gasteiger partial charge in [-0.05, 0) is 50.7 Å². The van der Waals surface area contributed by atoms with Crippen LogP contribution in [0, 0.1) is 30.6 Å². The van der Waals surface area contributed by atoms with Gasteiger partial charge in [-0.25, -0.2) is 9.97 Å². The monoisotopic (exact) mass is 451 g/mol. The molecule has 1 saturated carbocycles. The molecule has 0 bridgehead atoms. The zero-order valence-electron chi connectivity index (χ0n) is 19.8. The van der Waals surface area contributed by atoms with Gasteiger partial charge in [0.2, 0.25) is 0 Å². The first kappa shape index (κ1) is 21.3. The van der Waals surface area contributed by atoms with Crippen molar-refractivity contribution in [1.82, 2.24) is 19.6 Å². The summed E-state index contributed by atoms with van der Waals surface area (Å²) in [6.07, 6.45) is 14.7. The summed E-state index contributed by atoms with van der Waals surface area (Å²) in [5.41, 5.74) is 11.0. The third-order valence-corrected chi connectivity index (χ3v) is 7.49. The van der Waals surface area contributed by atoms with Crippen molar-refractivity contribution in [3.05, 3.63) is 65.7 Å². The molecule has 3 aliphatic carbocycles. The van der Waals surface area contributed by atoms with Crippen LogP contribution in [0.1, 0.15) is 56.0 Å². The van der Waals surface area contributed by atoms with E-state index in [-0.39, 0.29) is 11.8 Å². The number of aliphatic hydroxyl groups is 1. The molecule has 0 radical (unpaired) electrons. The van der Waals surface area contributed by atoms with Gasteiger partial charge in [0.05, 0.1) is 17.0 Å². The fourth-order valence-corrected chi connectivity index (χ4v) is 5.90. The van der Waals surface area contributed by atoms with Crippen LogP contribution >= 0.6 is 0 Å². The average Bonchev–Trinajstić information content (AvgIpc) is 3.18. The first-order valence-corrected chi connectivity index (χ1v) is 12.0. The number of allylic oxidation sites excluding steroid dienone is 6. The van der Waals surface area contributed by atoms with Crippen LogP contribution in [0.3, 0.4) is 0 Å². The fraction of sp³-hybridized carbons (Fsp3) is 0.393. The van der Waals surface area contributed by atoms with E-state index in [0.29, 0.717) is 18.8 Å². The van der Waals surface area contributed by atoms with Gasteiger partial charge in [-0.1, -0.05) is 49.1 Å². The van der Waals surface area contributed by atoms with Crippen LogP contribution in [-0.2, 0) is 0 Å². The minimum Gasteiger partial charge on any atom is -0.390 e. The average molecular weight is 452 g/mol. The fourth-order valence-electron chi connectivity index (χ4n) is 5.90. The lowest BCUT2D eigenvalue weighted by atomic mass is 9.59. The quantitative estimate of drug-likeness (QED) is 0.586. The maximum absolute atomic E-state index is 10.2. The minimum atomic E-state index is -0.675. The van der Waals surface area contributed by atoms with Gasteiger partial charge in [0.15, 0.2) is 11.3 Å². The molecule has 172 valence electrons. The van der Waals surface area contributed by atoms with Gasteiger partial charge in [-0.2, -0.15) is 9.61 Å². The SMILES string of the molecule is Cc1cc2ncc3cc(C4C=CC=CC4C)c(C4=CCC(C5(N)CC(C)(O)C5)C#C4)nc3n2n1. The van der Waals surface area contributed by atoms with Gasteiger partial charge in [0.1, 0.15) is 0 Å². The Morgan fingerprint density at radius 3 is 2.71 bits per heavy atom. The number of pyridine rings is 1. The van der Waals surface area contributed by atoms with E-state index in [1.54, 1.807) is 0 Å². The van der Waals surface area contributed by atoms with Crippen molar-refractivity contribution in [2.75, 3.05) is 0 Å². The number of nitrogens with zero attached hydrogens (tertiary/aromatic N) is 4. The van der Waals surface area contributed by atoms with Crippen molar-refractivity contribution in [2.45, 2.75) is 57.1 Å². The summed E-state index contributed by atoms with van der Waals surface area (Å²) in [6.45, 7) is 6.04. The van der Waals surface area contributed by atoms with Crippen molar-refractivity contribution >= 4 is 22.3 Å². The highest BCUT2D eigenvalue weighted by Gasteiger charge is 2.52. The van der Waals surface area contributed by atoms with Gasteiger partial charge >= 0.3 is 0 Å². The lowest BCUT2D eigenvalue weighted by Gasteiger charge is -2.52. The predicted octanol–water partition coefficient (Wildman–Crippen LogP) is 4.08. The molecule has 3 aromatic rings. The summed E-state index contributed by atoms with van der Waals surface area (Å²) in [5, 5.41) is 15.8. The molecule has 6 nitrogen and oxygen atoms in total. The van der Waals surface area contributed by atoms with Crippen molar-refractivity contribution in [3.63, 3.8) is 0 Å². The van der Waals surface area contributed by atoms with Crippen LogP contribution in [0.4, 0.5) is 0 Å².